The minimum absolute atomic E-state index is 0.215. The van der Waals surface area contributed by atoms with E-state index in [1.54, 1.807) is 24.0 Å². The van der Waals surface area contributed by atoms with Crippen LogP contribution in [0, 0.1) is 6.92 Å². The van der Waals surface area contributed by atoms with E-state index in [4.69, 9.17) is 11.6 Å². The van der Waals surface area contributed by atoms with Crippen LogP contribution in [-0.2, 0) is 0 Å². The molecule has 0 saturated carbocycles. The summed E-state index contributed by atoms with van der Waals surface area (Å²) in [6.07, 6.45) is 8.30. The van der Waals surface area contributed by atoms with E-state index >= 15 is 0 Å². The summed E-state index contributed by atoms with van der Waals surface area (Å²) in [5, 5.41) is 8.82. The lowest BCUT2D eigenvalue weighted by molar-refractivity contribution is 0.0934. The minimum atomic E-state index is -0.241. The molecule has 1 amide bonds. The lowest BCUT2D eigenvalue weighted by Gasteiger charge is -2.19. The molecule has 0 fully saturated rings. The number of aryl methyl sites for hydroxylation is 1. The van der Waals surface area contributed by atoms with Gasteiger partial charge in [0.25, 0.3) is 5.91 Å². The largest absolute Gasteiger partial charge is 0.343 e. The van der Waals surface area contributed by atoms with Crippen LogP contribution in [0.15, 0.2) is 54.8 Å². The van der Waals surface area contributed by atoms with Crippen molar-refractivity contribution in [2.45, 2.75) is 25.8 Å². The zero-order valence-electron chi connectivity index (χ0n) is 15.4. The van der Waals surface area contributed by atoms with Gasteiger partial charge in [-0.2, -0.15) is 0 Å². The molecule has 0 aliphatic heterocycles. The number of nitrogens with zero attached hydrogens (tertiary/aromatic N) is 3. The summed E-state index contributed by atoms with van der Waals surface area (Å²) in [7, 11) is 0. The van der Waals surface area contributed by atoms with E-state index < -0.39 is 0 Å². The van der Waals surface area contributed by atoms with Crippen LogP contribution in [0.4, 0.5) is 11.5 Å². The molecule has 8 heteroatoms. The van der Waals surface area contributed by atoms with Crippen LogP contribution < -0.4 is 10.6 Å². The van der Waals surface area contributed by atoms with Gasteiger partial charge in [0.05, 0.1) is 22.9 Å². The number of anilines is 2. The zero-order valence-corrected chi connectivity index (χ0v) is 16.9. The third-order valence-electron chi connectivity index (χ3n) is 4.03. The average molecular weight is 414 g/mol. The summed E-state index contributed by atoms with van der Waals surface area (Å²) < 4.78 is 0. The third-order valence-corrected chi connectivity index (χ3v) is 5.09. The highest BCUT2D eigenvalue weighted by Crippen LogP contribution is 2.28. The number of pyridine rings is 2. The molecule has 0 radical (unpaired) electrons. The first-order valence-electron chi connectivity index (χ1n) is 8.73. The molecular formula is C20H20ClN5OS. The molecule has 1 atom stereocenters. The fraction of sp³-hybridized carbons (Fsp3) is 0.200. The first-order chi connectivity index (χ1) is 13.6. The van der Waals surface area contributed by atoms with Gasteiger partial charge in [-0.3, -0.25) is 9.78 Å². The van der Waals surface area contributed by atoms with Gasteiger partial charge in [0.15, 0.2) is 5.01 Å². The van der Waals surface area contributed by atoms with Gasteiger partial charge in [0.1, 0.15) is 5.82 Å². The van der Waals surface area contributed by atoms with Crippen LogP contribution in [0.1, 0.15) is 39.9 Å². The summed E-state index contributed by atoms with van der Waals surface area (Å²) in [4.78, 5) is 25.1. The fourth-order valence-corrected chi connectivity index (χ4v) is 3.34. The molecule has 0 aliphatic rings. The Bertz CT molecular complexity index is 944. The van der Waals surface area contributed by atoms with E-state index in [-0.39, 0.29) is 11.9 Å². The van der Waals surface area contributed by atoms with Crippen molar-refractivity contribution in [2.24, 2.45) is 0 Å². The summed E-state index contributed by atoms with van der Waals surface area (Å²) in [5.74, 6) is 0.318. The lowest BCUT2D eigenvalue weighted by Crippen LogP contribution is -2.28. The van der Waals surface area contributed by atoms with Crippen molar-refractivity contribution in [1.82, 2.24) is 20.3 Å². The average Bonchev–Trinajstić information content (AvgIpc) is 3.23. The van der Waals surface area contributed by atoms with Gasteiger partial charge in [-0.1, -0.05) is 17.7 Å². The van der Waals surface area contributed by atoms with Crippen LogP contribution in [0.5, 0.6) is 0 Å². The van der Waals surface area contributed by atoms with Gasteiger partial charge < -0.3 is 10.6 Å². The maximum absolute atomic E-state index is 12.4. The predicted molar refractivity (Wildman–Crippen MR) is 113 cm³/mol. The van der Waals surface area contributed by atoms with E-state index in [0.29, 0.717) is 22.3 Å². The molecule has 3 aromatic heterocycles. The third kappa shape index (κ3) is 5.15. The Balaban J connectivity index is 1.78. The van der Waals surface area contributed by atoms with Crippen LogP contribution in [0.25, 0.3) is 0 Å². The summed E-state index contributed by atoms with van der Waals surface area (Å²) in [6.45, 7) is 5.68. The number of hydrogen-bond donors (Lipinski definition) is 2. The number of thiazole rings is 1. The Kier molecular flexibility index (Phi) is 6.73. The normalized spacial score (nSPS) is 11.6. The number of carbonyl (C=O) groups is 1. The number of halogens is 1. The Morgan fingerprint density at radius 3 is 2.82 bits per heavy atom. The van der Waals surface area contributed by atoms with E-state index in [2.05, 4.69) is 32.2 Å². The quantitative estimate of drug-likeness (QED) is 0.503. The van der Waals surface area contributed by atoms with Gasteiger partial charge >= 0.3 is 0 Å². The highest BCUT2D eigenvalue weighted by Gasteiger charge is 2.18. The molecule has 0 aliphatic carbocycles. The second-order valence-corrected chi connectivity index (χ2v) is 7.44. The maximum atomic E-state index is 12.4. The van der Waals surface area contributed by atoms with Crippen molar-refractivity contribution in [3.05, 3.63) is 76.1 Å². The number of carbonyl (C=O) groups excluding carboxylic acids is 1. The molecule has 0 saturated heterocycles. The number of allylic oxidation sites excluding steroid dienone is 1. The molecule has 0 unspecified atom stereocenters. The zero-order chi connectivity index (χ0) is 19.9. The Hall–Kier alpha value is -2.77. The monoisotopic (exact) mass is 413 g/mol. The van der Waals surface area contributed by atoms with Gasteiger partial charge in [0, 0.05) is 23.5 Å². The molecule has 0 aromatic carbocycles. The second kappa shape index (κ2) is 9.43. The van der Waals surface area contributed by atoms with Crippen molar-refractivity contribution < 1.29 is 4.79 Å². The van der Waals surface area contributed by atoms with Crippen molar-refractivity contribution in [3.63, 3.8) is 0 Å². The standard InChI is InChI=1S/C20H20ClN5OS/c1-3-4-5-17(26-19(27)20-22-8-9-28-20)14-10-16(21)18(24-11-14)25-15-7-6-13(2)23-12-15/h3,6-12,17H,1,4-5H2,2H3,(H,24,25)(H,26,27)/t17-/m1/s1. The van der Waals surface area contributed by atoms with Crippen LogP contribution >= 0.6 is 22.9 Å². The number of nitrogens with one attached hydrogen (secondary N) is 2. The molecule has 0 bridgehead atoms. The first kappa shape index (κ1) is 20.0. The number of amides is 1. The lowest BCUT2D eigenvalue weighted by atomic mass is 10.0. The van der Waals surface area contributed by atoms with E-state index in [9.17, 15) is 4.79 Å². The Morgan fingerprint density at radius 2 is 2.18 bits per heavy atom. The van der Waals surface area contributed by atoms with Crippen molar-refractivity contribution in [3.8, 4) is 0 Å². The maximum Gasteiger partial charge on any atom is 0.280 e. The number of aromatic nitrogens is 3. The summed E-state index contributed by atoms with van der Waals surface area (Å²) in [6, 6.07) is 5.39. The molecule has 2 N–H and O–H groups in total. The van der Waals surface area contributed by atoms with Crippen LogP contribution in [0.3, 0.4) is 0 Å². The molecule has 28 heavy (non-hydrogen) atoms. The highest BCUT2D eigenvalue weighted by molar-refractivity contribution is 7.11. The van der Waals surface area contributed by atoms with E-state index in [1.165, 1.54) is 11.3 Å². The molecule has 6 nitrogen and oxygen atoms in total. The summed E-state index contributed by atoms with van der Waals surface area (Å²) in [5.41, 5.74) is 2.55. The van der Waals surface area contributed by atoms with Gasteiger partial charge in [-0.05, 0) is 43.5 Å². The molecule has 144 valence electrons. The van der Waals surface area contributed by atoms with Crippen molar-refractivity contribution in [1.29, 1.82) is 0 Å². The highest BCUT2D eigenvalue weighted by atomic mass is 35.5. The molecule has 3 rings (SSSR count). The molecular weight excluding hydrogens is 394 g/mol. The SMILES string of the molecule is C=CCC[C@@H](NC(=O)c1nccs1)c1cnc(Nc2ccc(C)nc2)c(Cl)c1. The molecule has 3 heterocycles. The van der Waals surface area contributed by atoms with Gasteiger partial charge in [-0.15, -0.1) is 17.9 Å². The van der Waals surface area contributed by atoms with Gasteiger partial charge in [0.2, 0.25) is 0 Å². The molecule has 0 spiro atoms. The Morgan fingerprint density at radius 1 is 1.32 bits per heavy atom. The Labute approximate surface area is 172 Å². The van der Waals surface area contributed by atoms with Crippen molar-refractivity contribution >= 4 is 40.4 Å². The number of hydrogen-bond acceptors (Lipinski definition) is 6. The van der Waals surface area contributed by atoms with Crippen molar-refractivity contribution in [2.75, 3.05) is 5.32 Å². The van der Waals surface area contributed by atoms with Crippen LogP contribution in [0.2, 0.25) is 5.02 Å². The smallest absolute Gasteiger partial charge is 0.280 e. The molecule has 3 aromatic rings. The van der Waals surface area contributed by atoms with Gasteiger partial charge in [-0.25, -0.2) is 9.97 Å². The summed E-state index contributed by atoms with van der Waals surface area (Å²) >= 11 is 7.74. The predicted octanol–water partition coefficient (Wildman–Crippen LogP) is 5.08. The fourth-order valence-electron chi connectivity index (χ4n) is 2.58. The topological polar surface area (TPSA) is 79.8 Å². The number of rotatable bonds is 8. The van der Waals surface area contributed by atoms with E-state index in [1.807, 2.05) is 31.2 Å². The minimum Gasteiger partial charge on any atom is -0.343 e. The first-order valence-corrected chi connectivity index (χ1v) is 9.99. The van der Waals surface area contributed by atoms with Crippen LogP contribution in [-0.4, -0.2) is 20.9 Å². The van der Waals surface area contributed by atoms with E-state index in [0.717, 1.165) is 23.4 Å². The second-order valence-electron chi connectivity index (χ2n) is 6.14.